The van der Waals surface area contributed by atoms with Gasteiger partial charge in [-0.3, -0.25) is 4.40 Å². The minimum atomic E-state index is 0.295. The molecule has 4 nitrogen and oxygen atoms in total. The average molecular weight is 273 g/mol. The molecule has 0 unspecified atom stereocenters. The van der Waals surface area contributed by atoms with Gasteiger partial charge in [-0.25, -0.2) is 4.98 Å². The molecule has 2 N–H and O–H groups in total. The summed E-state index contributed by atoms with van der Waals surface area (Å²) in [5.74, 6) is 0.295. The predicted octanol–water partition coefficient (Wildman–Crippen LogP) is 3.33. The van der Waals surface area contributed by atoms with Crippen LogP contribution in [0.2, 0.25) is 0 Å². The standard InChI is InChI=1S/C14H15N3OS/c1-9-7-11(18)3-4-12(9)15-8-13-10(2)16-14-17(13)5-6-19-14/h3-7,15,18H,8H2,1-2H3. The van der Waals surface area contributed by atoms with Crippen molar-refractivity contribution in [3.8, 4) is 5.75 Å². The highest BCUT2D eigenvalue weighted by Gasteiger charge is 2.09. The monoisotopic (exact) mass is 273 g/mol. The molecule has 0 aliphatic heterocycles. The summed E-state index contributed by atoms with van der Waals surface area (Å²) in [4.78, 5) is 5.55. The first-order chi connectivity index (χ1) is 9.15. The smallest absolute Gasteiger partial charge is 0.194 e. The molecule has 0 amide bonds. The molecule has 2 aromatic heterocycles. The van der Waals surface area contributed by atoms with Crippen molar-refractivity contribution in [1.82, 2.24) is 9.38 Å². The molecule has 3 rings (SSSR count). The fourth-order valence-electron chi connectivity index (χ4n) is 2.18. The number of hydrogen-bond acceptors (Lipinski definition) is 4. The van der Waals surface area contributed by atoms with Crippen LogP contribution in [0.5, 0.6) is 5.75 Å². The Hall–Kier alpha value is -2.01. The number of phenolic OH excluding ortho intramolecular Hbond substituents is 1. The number of nitrogens with one attached hydrogen (secondary N) is 1. The Morgan fingerprint density at radius 3 is 3.00 bits per heavy atom. The van der Waals surface area contributed by atoms with E-state index in [-0.39, 0.29) is 0 Å². The van der Waals surface area contributed by atoms with Crippen LogP contribution >= 0.6 is 11.3 Å². The van der Waals surface area contributed by atoms with Crippen molar-refractivity contribution in [3.05, 3.63) is 46.7 Å². The molecular weight excluding hydrogens is 258 g/mol. The Bertz CT molecular complexity index is 729. The number of imidazole rings is 1. The lowest BCUT2D eigenvalue weighted by atomic mass is 10.2. The number of rotatable bonds is 3. The van der Waals surface area contributed by atoms with Crippen LogP contribution in [-0.4, -0.2) is 14.5 Å². The first-order valence-electron chi connectivity index (χ1n) is 6.09. The van der Waals surface area contributed by atoms with Crippen LogP contribution < -0.4 is 5.32 Å². The number of thiazole rings is 1. The van der Waals surface area contributed by atoms with E-state index in [1.165, 1.54) is 5.69 Å². The van der Waals surface area contributed by atoms with Gasteiger partial charge in [0.05, 0.1) is 17.9 Å². The molecule has 0 bridgehead atoms. The van der Waals surface area contributed by atoms with E-state index >= 15 is 0 Å². The first-order valence-corrected chi connectivity index (χ1v) is 6.97. The third-order valence-electron chi connectivity index (χ3n) is 3.22. The van der Waals surface area contributed by atoms with Gasteiger partial charge in [0, 0.05) is 17.3 Å². The summed E-state index contributed by atoms with van der Waals surface area (Å²) in [6, 6.07) is 5.34. The van der Waals surface area contributed by atoms with E-state index in [9.17, 15) is 5.11 Å². The van der Waals surface area contributed by atoms with Gasteiger partial charge >= 0.3 is 0 Å². The number of benzene rings is 1. The highest BCUT2D eigenvalue weighted by Crippen LogP contribution is 2.22. The molecule has 0 saturated carbocycles. The lowest BCUT2D eigenvalue weighted by Gasteiger charge is -2.10. The molecule has 1 aromatic carbocycles. The molecule has 0 spiro atoms. The van der Waals surface area contributed by atoms with Crippen molar-refractivity contribution in [1.29, 1.82) is 0 Å². The maximum absolute atomic E-state index is 9.41. The van der Waals surface area contributed by atoms with Crippen molar-refractivity contribution in [3.63, 3.8) is 0 Å². The minimum Gasteiger partial charge on any atom is -0.508 e. The number of aromatic nitrogens is 2. The molecule has 0 saturated heterocycles. The molecule has 5 heteroatoms. The van der Waals surface area contributed by atoms with Crippen molar-refractivity contribution in [2.75, 3.05) is 5.32 Å². The highest BCUT2D eigenvalue weighted by atomic mass is 32.1. The molecule has 19 heavy (non-hydrogen) atoms. The molecule has 98 valence electrons. The zero-order valence-corrected chi connectivity index (χ0v) is 11.7. The van der Waals surface area contributed by atoms with Crippen molar-refractivity contribution < 1.29 is 5.11 Å². The Kier molecular flexibility index (Phi) is 2.91. The number of aromatic hydroxyl groups is 1. The third kappa shape index (κ3) is 2.17. The molecule has 2 heterocycles. The van der Waals surface area contributed by atoms with Gasteiger partial charge < -0.3 is 10.4 Å². The average Bonchev–Trinajstić information content (AvgIpc) is 2.90. The second-order valence-corrected chi connectivity index (χ2v) is 5.43. The van der Waals surface area contributed by atoms with Gasteiger partial charge in [0.2, 0.25) is 0 Å². The minimum absolute atomic E-state index is 0.295. The zero-order chi connectivity index (χ0) is 13.4. The fourth-order valence-corrected chi connectivity index (χ4v) is 2.96. The van der Waals surface area contributed by atoms with Gasteiger partial charge in [-0.2, -0.15) is 0 Å². The van der Waals surface area contributed by atoms with E-state index in [2.05, 4.69) is 14.7 Å². The van der Waals surface area contributed by atoms with E-state index in [0.29, 0.717) is 5.75 Å². The quantitative estimate of drug-likeness (QED) is 0.720. The van der Waals surface area contributed by atoms with Gasteiger partial charge in [0.15, 0.2) is 4.96 Å². The fraction of sp³-hybridized carbons (Fsp3) is 0.214. The normalized spacial score (nSPS) is 11.1. The van der Waals surface area contributed by atoms with E-state index in [4.69, 9.17) is 0 Å². The Morgan fingerprint density at radius 2 is 2.21 bits per heavy atom. The summed E-state index contributed by atoms with van der Waals surface area (Å²) in [6.07, 6.45) is 2.04. The van der Waals surface area contributed by atoms with Crippen LogP contribution in [0, 0.1) is 13.8 Å². The van der Waals surface area contributed by atoms with Gasteiger partial charge in [-0.05, 0) is 37.6 Å². The van der Waals surface area contributed by atoms with E-state index in [1.54, 1.807) is 23.5 Å². The summed E-state index contributed by atoms with van der Waals surface area (Å²) < 4.78 is 2.11. The molecular formula is C14H15N3OS. The topological polar surface area (TPSA) is 49.6 Å². The van der Waals surface area contributed by atoms with E-state index < -0.39 is 0 Å². The number of anilines is 1. The van der Waals surface area contributed by atoms with Gasteiger partial charge in [0.25, 0.3) is 0 Å². The molecule has 0 aliphatic rings. The van der Waals surface area contributed by atoms with Crippen LogP contribution in [0.3, 0.4) is 0 Å². The van der Waals surface area contributed by atoms with Crippen LogP contribution in [0.1, 0.15) is 17.0 Å². The lowest BCUT2D eigenvalue weighted by Crippen LogP contribution is -2.04. The predicted molar refractivity (Wildman–Crippen MR) is 78.0 cm³/mol. The van der Waals surface area contributed by atoms with Crippen molar-refractivity contribution in [2.45, 2.75) is 20.4 Å². The van der Waals surface area contributed by atoms with Crippen molar-refractivity contribution >= 4 is 22.0 Å². The Labute approximate surface area is 115 Å². The largest absolute Gasteiger partial charge is 0.508 e. The zero-order valence-electron chi connectivity index (χ0n) is 10.8. The van der Waals surface area contributed by atoms with Gasteiger partial charge in [-0.15, -0.1) is 11.3 Å². The number of phenols is 1. The van der Waals surface area contributed by atoms with E-state index in [1.807, 2.05) is 31.5 Å². The Morgan fingerprint density at radius 1 is 1.37 bits per heavy atom. The summed E-state index contributed by atoms with van der Waals surface area (Å²) in [5, 5.41) is 14.8. The van der Waals surface area contributed by atoms with Crippen molar-refractivity contribution in [2.24, 2.45) is 0 Å². The molecule has 0 radical (unpaired) electrons. The summed E-state index contributed by atoms with van der Waals surface area (Å²) in [7, 11) is 0. The highest BCUT2D eigenvalue weighted by molar-refractivity contribution is 7.15. The SMILES string of the molecule is Cc1cc(O)ccc1NCc1c(C)nc2sccn12. The maximum atomic E-state index is 9.41. The molecule has 0 atom stereocenters. The molecule has 0 aliphatic carbocycles. The van der Waals surface area contributed by atoms with Crippen LogP contribution in [0.4, 0.5) is 5.69 Å². The molecule has 3 aromatic rings. The Balaban J connectivity index is 1.85. The number of aryl methyl sites for hydroxylation is 2. The molecule has 0 fully saturated rings. The van der Waals surface area contributed by atoms with Gasteiger partial charge in [0.1, 0.15) is 5.75 Å². The van der Waals surface area contributed by atoms with Crippen LogP contribution in [-0.2, 0) is 6.54 Å². The maximum Gasteiger partial charge on any atom is 0.194 e. The van der Waals surface area contributed by atoms with Crippen LogP contribution in [0.15, 0.2) is 29.8 Å². The van der Waals surface area contributed by atoms with Crippen LogP contribution in [0.25, 0.3) is 4.96 Å². The second kappa shape index (κ2) is 4.59. The summed E-state index contributed by atoms with van der Waals surface area (Å²) >= 11 is 1.64. The van der Waals surface area contributed by atoms with Gasteiger partial charge in [-0.1, -0.05) is 0 Å². The van der Waals surface area contributed by atoms with E-state index in [0.717, 1.165) is 28.5 Å². The third-order valence-corrected chi connectivity index (χ3v) is 3.97. The summed E-state index contributed by atoms with van der Waals surface area (Å²) in [6.45, 7) is 4.72. The number of fused-ring (bicyclic) bond motifs is 1. The first kappa shape index (κ1) is 12.0. The second-order valence-electron chi connectivity index (χ2n) is 4.55. The number of nitrogens with zero attached hydrogens (tertiary/aromatic N) is 2. The number of hydrogen-bond donors (Lipinski definition) is 2. The summed E-state index contributed by atoms with van der Waals surface area (Å²) in [5.41, 5.74) is 4.28. The lowest BCUT2D eigenvalue weighted by molar-refractivity contribution is 0.475.